The number of ether oxygens (including phenoxy) is 1. The highest BCUT2D eigenvalue weighted by atomic mass is 16.5. The third-order valence-corrected chi connectivity index (χ3v) is 3.34. The highest BCUT2D eigenvalue weighted by molar-refractivity contribution is 5.81. The van der Waals surface area contributed by atoms with Gasteiger partial charge in [0.15, 0.2) is 0 Å². The van der Waals surface area contributed by atoms with Crippen LogP contribution in [0, 0.1) is 11.3 Å². The topological polar surface area (TPSA) is 77.4 Å². The maximum atomic E-state index is 11.8. The van der Waals surface area contributed by atoms with E-state index in [4.69, 9.17) is 10.00 Å². The minimum atomic E-state index is -0.0731. The van der Waals surface area contributed by atoms with Gasteiger partial charge in [0.25, 0.3) is 0 Å². The van der Waals surface area contributed by atoms with Gasteiger partial charge in [-0.25, -0.2) is 0 Å². The molecule has 112 valence electrons. The second-order valence-corrected chi connectivity index (χ2v) is 4.81. The van der Waals surface area contributed by atoms with Gasteiger partial charge in [0, 0.05) is 26.2 Å². The standard InChI is InChI=1S/C15H20N4O2/c16-11-13-3-1-2-4-14(13)18-12-15(20)17-5-6-19-7-9-21-10-8-19/h1-4,18H,5-10,12H2,(H,17,20). The van der Waals surface area contributed by atoms with Crippen LogP contribution >= 0.6 is 0 Å². The number of hydrogen-bond donors (Lipinski definition) is 2. The van der Waals surface area contributed by atoms with E-state index in [9.17, 15) is 4.79 Å². The molecule has 1 heterocycles. The Labute approximate surface area is 124 Å². The summed E-state index contributed by atoms with van der Waals surface area (Å²) in [7, 11) is 0. The molecule has 0 atom stereocenters. The molecule has 1 saturated heterocycles. The lowest BCUT2D eigenvalue weighted by Gasteiger charge is -2.26. The van der Waals surface area contributed by atoms with Crippen LogP contribution < -0.4 is 10.6 Å². The van der Waals surface area contributed by atoms with E-state index in [0.717, 1.165) is 32.8 Å². The lowest BCUT2D eigenvalue weighted by Crippen LogP contribution is -2.42. The van der Waals surface area contributed by atoms with Crippen molar-refractivity contribution in [1.82, 2.24) is 10.2 Å². The van der Waals surface area contributed by atoms with E-state index in [2.05, 4.69) is 21.6 Å². The van der Waals surface area contributed by atoms with Gasteiger partial charge in [0.2, 0.25) is 5.91 Å². The van der Waals surface area contributed by atoms with Crippen LogP contribution in [0.2, 0.25) is 0 Å². The van der Waals surface area contributed by atoms with Crippen LogP contribution in [0.25, 0.3) is 0 Å². The molecule has 1 aliphatic heterocycles. The Hall–Kier alpha value is -2.10. The molecule has 0 spiro atoms. The summed E-state index contributed by atoms with van der Waals surface area (Å²) in [5.41, 5.74) is 1.22. The molecule has 0 aromatic heterocycles. The summed E-state index contributed by atoms with van der Waals surface area (Å²) in [5.74, 6) is -0.0731. The highest BCUT2D eigenvalue weighted by Gasteiger charge is 2.10. The number of morpholine rings is 1. The fraction of sp³-hybridized carbons (Fsp3) is 0.467. The van der Waals surface area contributed by atoms with Crippen molar-refractivity contribution >= 4 is 11.6 Å². The molecular weight excluding hydrogens is 268 g/mol. The molecule has 21 heavy (non-hydrogen) atoms. The third-order valence-electron chi connectivity index (χ3n) is 3.34. The van der Waals surface area contributed by atoms with E-state index in [0.29, 0.717) is 17.8 Å². The zero-order chi connectivity index (χ0) is 14.9. The maximum Gasteiger partial charge on any atom is 0.239 e. The summed E-state index contributed by atoms with van der Waals surface area (Å²) < 4.78 is 5.27. The molecule has 0 aliphatic carbocycles. The Bertz CT molecular complexity index is 507. The number of benzene rings is 1. The van der Waals surface area contributed by atoms with Crippen LogP contribution in [0.1, 0.15) is 5.56 Å². The van der Waals surface area contributed by atoms with Gasteiger partial charge >= 0.3 is 0 Å². The lowest BCUT2D eigenvalue weighted by molar-refractivity contribution is -0.119. The average Bonchev–Trinajstić information content (AvgIpc) is 2.54. The third kappa shape index (κ3) is 5.06. The quantitative estimate of drug-likeness (QED) is 0.793. The molecule has 0 saturated carbocycles. The van der Waals surface area contributed by atoms with Gasteiger partial charge in [-0.05, 0) is 12.1 Å². The fourth-order valence-corrected chi connectivity index (χ4v) is 2.15. The molecule has 0 unspecified atom stereocenters. The summed E-state index contributed by atoms with van der Waals surface area (Å²) in [6.45, 7) is 5.00. The van der Waals surface area contributed by atoms with Crippen molar-refractivity contribution in [2.24, 2.45) is 0 Å². The zero-order valence-corrected chi connectivity index (χ0v) is 12.0. The average molecular weight is 288 g/mol. The lowest BCUT2D eigenvalue weighted by atomic mass is 10.2. The molecule has 0 radical (unpaired) electrons. The Morgan fingerprint density at radius 1 is 1.33 bits per heavy atom. The van der Waals surface area contributed by atoms with E-state index in [1.54, 1.807) is 18.2 Å². The molecule has 1 aromatic rings. The highest BCUT2D eigenvalue weighted by Crippen LogP contribution is 2.12. The van der Waals surface area contributed by atoms with Crippen LogP contribution in [0.3, 0.4) is 0 Å². The summed E-state index contributed by atoms with van der Waals surface area (Å²) in [4.78, 5) is 14.0. The van der Waals surface area contributed by atoms with Gasteiger partial charge in [-0.15, -0.1) is 0 Å². The number of amides is 1. The van der Waals surface area contributed by atoms with Crippen molar-refractivity contribution in [3.8, 4) is 6.07 Å². The fourth-order valence-electron chi connectivity index (χ4n) is 2.15. The van der Waals surface area contributed by atoms with Crippen LogP contribution in [0.15, 0.2) is 24.3 Å². The number of rotatable bonds is 6. The van der Waals surface area contributed by atoms with E-state index in [1.807, 2.05) is 6.07 Å². The van der Waals surface area contributed by atoms with Gasteiger partial charge in [-0.1, -0.05) is 12.1 Å². The predicted molar refractivity (Wildman–Crippen MR) is 79.9 cm³/mol. The smallest absolute Gasteiger partial charge is 0.239 e. The summed E-state index contributed by atoms with van der Waals surface area (Å²) in [5, 5.41) is 14.8. The molecule has 1 aromatic carbocycles. The maximum absolute atomic E-state index is 11.8. The molecule has 0 bridgehead atoms. The minimum Gasteiger partial charge on any atom is -0.379 e. The first-order valence-corrected chi connectivity index (χ1v) is 7.09. The predicted octanol–water partition coefficient (Wildman–Crippen LogP) is 0.419. The minimum absolute atomic E-state index is 0.0731. The molecule has 2 rings (SSSR count). The zero-order valence-electron chi connectivity index (χ0n) is 12.0. The number of nitrogens with zero attached hydrogens (tertiary/aromatic N) is 2. The monoisotopic (exact) mass is 288 g/mol. The normalized spacial score (nSPS) is 15.2. The van der Waals surface area contributed by atoms with Crippen molar-refractivity contribution in [2.75, 3.05) is 51.3 Å². The number of carbonyl (C=O) groups excluding carboxylic acids is 1. The van der Waals surface area contributed by atoms with Crippen LogP contribution in [-0.2, 0) is 9.53 Å². The van der Waals surface area contributed by atoms with Gasteiger partial charge < -0.3 is 15.4 Å². The number of hydrogen-bond acceptors (Lipinski definition) is 5. The van der Waals surface area contributed by atoms with E-state index in [1.165, 1.54) is 0 Å². The first kappa shape index (κ1) is 15.3. The number of nitriles is 1. The van der Waals surface area contributed by atoms with Crippen LogP contribution in [0.5, 0.6) is 0 Å². The van der Waals surface area contributed by atoms with Crippen molar-refractivity contribution in [1.29, 1.82) is 5.26 Å². The van der Waals surface area contributed by atoms with Crippen molar-refractivity contribution in [3.63, 3.8) is 0 Å². The van der Waals surface area contributed by atoms with Crippen molar-refractivity contribution < 1.29 is 9.53 Å². The summed E-state index contributed by atoms with van der Waals surface area (Å²) in [6, 6.07) is 9.24. The van der Waals surface area contributed by atoms with Gasteiger partial charge in [0.05, 0.1) is 31.0 Å². The SMILES string of the molecule is N#Cc1ccccc1NCC(=O)NCCN1CCOCC1. The summed E-state index contributed by atoms with van der Waals surface area (Å²) in [6.07, 6.45) is 0. The largest absolute Gasteiger partial charge is 0.379 e. The number of nitrogens with one attached hydrogen (secondary N) is 2. The Balaban J connectivity index is 1.66. The number of carbonyl (C=O) groups is 1. The van der Waals surface area contributed by atoms with E-state index < -0.39 is 0 Å². The van der Waals surface area contributed by atoms with E-state index >= 15 is 0 Å². The Kier molecular flexibility index (Phi) is 6.00. The van der Waals surface area contributed by atoms with Gasteiger partial charge in [-0.2, -0.15) is 5.26 Å². The van der Waals surface area contributed by atoms with E-state index in [-0.39, 0.29) is 12.5 Å². The molecule has 2 N–H and O–H groups in total. The van der Waals surface area contributed by atoms with Crippen molar-refractivity contribution in [3.05, 3.63) is 29.8 Å². The number of anilines is 1. The molecule has 6 nitrogen and oxygen atoms in total. The molecular formula is C15H20N4O2. The molecule has 1 fully saturated rings. The Morgan fingerprint density at radius 2 is 2.10 bits per heavy atom. The van der Waals surface area contributed by atoms with Gasteiger partial charge in [0.1, 0.15) is 6.07 Å². The first-order chi connectivity index (χ1) is 10.3. The molecule has 1 amide bonds. The molecule has 1 aliphatic rings. The number of para-hydroxylation sites is 1. The van der Waals surface area contributed by atoms with Crippen LogP contribution in [0.4, 0.5) is 5.69 Å². The summed E-state index contributed by atoms with van der Waals surface area (Å²) >= 11 is 0. The van der Waals surface area contributed by atoms with Gasteiger partial charge in [-0.3, -0.25) is 9.69 Å². The first-order valence-electron chi connectivity index (χ1n) is 7.09. The molecule has 6 heteroatoms. The Morgan fingerprint density at radius 3 is 2.86 bits per heavy atom. The second-order valence-electron chi connectivity index (χ2n) is 4.81. The second kappa shape index (κ2) is 8.25. The van der Waals surface area contributed by atoms with Crippen molar-refractivity contribution in [2.45, 2.75) is 0 Å². The van der Waals surface area contributed by atoms with Crippen LogP contribution in [-0.4, -0.2) is 56.7 Å².